The zero-order valence-electron chi connectivity index (χ0n) is 9.49. The van der Waals surface area contributed by atoms with Crippen molar-refractivity contribution in [2.75, 3.05) is 0 Å². The van der Waals surface area contributed by atoms with E-state index in [9.17, 15) is 9.90 Å². The molecule has 18 heavy (non-hydrogen) atoms. The molecule has 0 radical (unpaired) electrons. The monoisotopic (exact) mass is 243 g/mol. The van der Waals surface area contributed by atoms with Crippen LogP contribution in [-0.4, -0.2) is 19.9 Å². The Hall–Kier alpha value is -2.63. The topological polar surface area (TPSA) is 81.2 Å². The van der Waals surface area contributed by atoms with E-state index in [0.717, 1.165) is 0 Å². The number of aryl methyl sites for hydroxylation is 1. The lowest BCUT2D eigenvalue weighted by molar-refractivity contribution is 0.468. The number of phenols is 1. The van der Waals surface area contributed by atoms with E-state index in [0.29, 0.717) is 16.6 Å². The summed E-state index contributed by atoms with van der Waals surface area (Å²) < 4.78 is 6.57. The fraction of sp³-hybridized carbons (Fsp3) is 0.0833. The van der Waals surface area contributed by atoms with E-state index in [-0.39, 0.29) is 11.6 Å². The Morgan fingerprint density at radius 2 is 2.11 bits per heavy atom. The zero-order chi connectivity index (χ0) is 12.7. The van der Waals surface area contributed by atoms with E-state index in [2.05, 4.69) is 10.1 Å². The van der Waals surface area contributed by atoms with Gasteiger partial charge in [0.15, 0.2) is 5.65 Å². The van der Waals surface area contributed by atoms with Crippen LogP contribution in [-0.2, 0) is 7.05 Å². The maximum absolute atomic E-state index is 11.8. The average Bonchev–Trinajstić information content (AvgIpc) is 2.72. The quantitative estimate of drug-likeness (QED) is 0.696. The standard InChI is InChI=1S/C12H9N3O3/c1-15-10-8(6-13-15)12(17)18-11(14-10)7-4-2-3-5-9(7)16/h2-6,16H,1H3. The minimum Gasteiger partial charge on any atom is -0.507 e. The molecule has 3 rings (SSSR count). The Balaban J connectivity index is 2.34. The van der Waals surface area contributed by atoms with Crippen molar-refractivity contribution < 1.29 is 9.52 Å². The number of fused-ring (bicyclic) bond motifs is 1. The molecule has 0 unspecified atom stereocenters. The van der Waals surface area contributed by atoms with Crippen LogP contribution in [0.5, 0.6) is 5.75 Å². The van der Waals surface area contributed by atoms with Crippen LogP contribution in [0.1, 0.15) is 0 Å². The first-order chi connectivity index (χ1) is 8.66. The lowest BCUT2D eigenvalue weighted by atomic mass is 10.2. The first kappa shape index (κ1) is 10.5. The molecule has 0 fully saturated rings. The number of aromatic nitrogens is 3. The van der Waals surface area contributed by atoms with Gasteiger partial charge in [0.05, 0.1) is 11.8 Å². The summed E-state index contributed by atoms with van der Waals surface area (Å²) in [6.45, 7) is 0. The average molecular weight is 243 g/mol. The third kappa shape index (κ3) is 1.46. The first-order valence-corrected chi connectivity index (χ1v) is 5.28. The van der Waals surface area contributed by atoms with Crippen molar-refractivity contribution in [3.8, 4) is 17.2 Å². The van der Waals surface area contributed by atoms with Crippen LogP contribution in [0, 0.1) is 0 Å². The SMILES string of the molecule is Cn1ncc2c(=O)oc(-c3ccccc3O)nc21. The molecule has 1 aromatic carbocycles. The van der Waals surface area contributed by atoms with E-state index in [1.807, 2.05) is 0 Å². The van der Waals surface area contributed by atoms with Crippen LogP contribution in [0.2, 0.25) is 0 Å². The number of rotatable bonds is 1. The van der Waals surface area contributed by atoms with Crippen molar-refractivity contribution in [1.82, 2.24) is 14.8 Å². The molecule has 0 aliphatic carbocycles. The molecule has 90 valence electrons. The summed E-state index contributed by atoms with van der Waals surface area (Å²) in [4.78, 5) is 16.0. The maximum atomic E-state index is 11.8. The van der Waals surface area contributed by atoms with Gasteiger partial charge in [-0.3, -0.25) is 4.68 Å². The summed E-state index contributed by atoms with van der Waals surface area (Å²) in [6, 6.07) is 6.54. The number of aromatic hydroxyl groups is 1. The summed E-state index contributed by atoms with van der Waals surface area (Å²) in [7, 11) is 1.68. The van der Waals surface area contributed by atoms with Gasteiger partial charge in [-0.2, -0.15) is 10.1 Å². The summed E-state index contributed by atoms with van der Waals surface area (Å²) in [6.07, 6.45) is 1.41. The Labute approximate surface area is 101 Å². The summed E-state index contributed by atoms with van der Waals surface area (Å²) in [5, 5.41) is 14.0. The summed E-state index contributed by atoms with van der Waals surface area (Å²) in [5.41, 5.74) is 0.272. The molecule has 0 atom stereocenters. The molecular formula is C12H9N3O3. The van der Waals surface area contributed by atoms with Crippen molar-refractivity contribution in [3.05, 3.63) is 40.9 Å². The first-order valence-electron chi connectivity index (χ1n) is 5.28. The van der Waals surface area contributed by atoms with Crippen molar-refractivity contribution in [1.29, 1.82) is 0 Å². The highest BCUT2D eigenvalue weighted by Crippen LogP contribution is 2.26. The number of benzene rings is 1. The second kappa shape index (κ2) is 3.69. The molecule has 0 aliphatic rings. The van der Waals surface area contributed by atoms with Gasteiger partial charge in [0, 0.05) is 7.05 Å². The lowest BCUT2D eigenvalue weighted by Crippen LogP contribution is -2.03. The van der Waals surface area contributed by atoms with Crippen molar-refractivity contribution >= 4 is 11.0 Å². The van der Waals surface area contributed by atoms with Gasteiger partial charge in [-0.05, 0) is 12.1 Å². The van der Waals surface area contributed by atoms with Crippen LogP contribution in [0.4, 0.5) is 0 Å². The van der Waals surface area contributed by atoms with E-state index in [1.54, 1.807) is 25.2 Å². The molecular weight excluding hydrogens is 234 g/mol. The maximum Gasteiger partial charge on any atom is 0.350 e. The molecule has 6 heteroatoms. The van der Waals surface area contributed by atoms with Gasteiger partial charge in [-0.15, -0.1) is 0 Å². The molecule has 2 heterocycles. The fourth-order valence-electron chi connectivity index (χ4n) is 1.74. The molecule has 2 aromatic heterocycles. The van der Waals surface area contributed by atoms with E-state index in [4.69, 9.17) is 4.42 Å². The molecule has 0 bridgehead atoms. The molecule has 1 N–H and O–H groups in total. The van der Waals surface area contributed by atoms with E-state index >= 15 is 0 Å². The smallest absolute Gasteiger partial charge is 0.350 e. The van der Waals surface area contributed by atoms with Gasteiger partial charge >= 0.3 is 5.63 Å². The van der Waals surface area contributed by atoms with Crippen LogP contribution in [0.15, 0.2) is 39.7 Å². The van der Waals surface area contributed by atoms with E-state index < -0.39 is 5.63 Å². The number of nitrogens with zero attached hydrogens (tertiary/aromatic N) is 3. The molecule has 0 spiro atoms. The summed E-state index contributed by atoms with van der Waals surface area (Å²) >= 11 is 0. The minimum absolute atomic E-state index is 0.00895. The van der Waals surface area contributed by atoms with Gasteiger partial charge in [0.1, 0.15) is 11.1 Å². The molecule has 0 aliphatic heterocycles. The van der Waals surface area contributed by atoms with Gasteiger partial charge < -0.3 is 9.52 Å². The lowest BCUT2D eigenvalue weighted by Gasteiger charge is -2.02. The van der Waals surface area contributed by atoms with E-state index in [1.165, 1.54) is 16.9 Å². The van der Waals surface area contributed by atoms with Gasteiger partial charge in [-0.1, -0.05) is 12.1 Å². The highest BCUT2D eigenvalue weighted by Gasteiger charge is 2.13. The van der Waals surface area contributed by atoms with Gasteiger partial charge in [-0.25, -0.2) is 4.79 Å². The highest BCUT2D eigenvalue weighted by atomic mass is 16.4. The Morgan fingerprint density at radius 1 is 1.33 bits per heavy atom. The number of hydrogen-bond acceptors (Lipinski definition) is 5. The number of phenolic OH excluding ortho intramolecular Hbond substituents is 1. The normalized spacial score (nSPS) is 10.9. The zero-order valence-corrected chi connectivity index (χ0v) is 9.49. The van der Waals surface area contributed by atoms with Crippen molar-refractivity contribution in [2.24, 2.45) is 7.05 Å². The third-order valence-electron chi connectivity index (χ3n) is 2.66. The predicted molar refractivity (Wildman–Crippen MR) is 64.1 cm³/mol. The van der Waals surface area contributed by atoms with Crippen LogP contribution in [0.25, 0.3) is 22.5 Å². The molecule has 6 nitrogen and oxygen atoms in total. The van der Waals surface area contributed by atoms with Gasteiger partial charge in [0.2, 0.25) is 5.89 Å². The Morgan fingerprint density at radius 3 is 2.89 bits per heavy atom. The van der Waals surface area contributed by atoms with Crippen LogP contribution in [0.3, 0.4) is 0 Å². The third-order valence-corrected chi connectivity index (χ3v) is 2.66. The fourth-order valence-corrected chi connectivity index (χ4v) is 1.74. The summed E-state index contributed by atoms with van der Waals surface area (Å²) in [5.74, 6) is 0.0869. The minimum atomic E-state index is -0.522. The van der Waals surface area contributed by atoms with Crippen LogP contribution < -0.4 is 5.63 Å². The number of hydrogen-bond donors (Lipinski definition) is 1. The Bertz CT molecular complexity index is 789. The molecule has 0 saturated heterocycles. The highest BCUT2D eigenvalue weighted by molar-refractivity contribution is 5.75. The van der Waals surface area contributed by atoms with Crippen molar-refractivity contribution in [3.63, 3.8) is 0 Å². The largest absolute Gasteiger partial charge is 0.507 e. The molecule has 0 amide bonds. The second-order valence-electron chi connectivity index (χ2n) is 3.83. The molecule has 0 saturated carbocycles. The van der Waals surface area contributed by atoms with Crippen LogP contribution >= 0.6 is 0 Å². The number of para-hydroxylation sites is 1. The second-order valence-corrected chi connectivity index (χ2v) is 3.83. The Kier molecular flexibility index (Phi) is 2.16. The van der Waals surface area contributed by atoms with Crippen molar-refractivity contribution in [2.45, 2.75) is 0 Å². The molecule has 3 aromatic rings. The van der Waals surface area contributed by atoms with Gasteiger partial charge in [0.25, 0.3) is 0 Å². The predicted octanol–water partition coefficient (Wildman–Crippen LogP) is 1.29.